The van der Waals surface area contributed by atoms with Crippen LogP contribution in [0.4, 0.5) is 0 Å². The topological polar surface area (TPSA) is 66.0 Å². The zero-order valence-electron chi connectivity index (χ0n) is 16.3. The van der Waals surface area contributed by atoms with Crippen LogP contribution in [0.1, 0.15) is 0 Å². The second-order valence-corrected chi connectivity index (χ2v) is 7.02. The number of nitrogens with zero attached hydrogens (tertiary/aromatic N) is 4. The maximum atomic E-state index is 5.93. The molecule has 6 aromatic rings. The van der Waals surface area contributed by atoms with Gasteiger partial charge in [0.25, 0.3) is 0 Å². The molecule has 3 aromatic carbocycles. The van der Waals surface area contributed by atoms with Gasteiger partial charge in [-0.05, 0) is 60.7 Å². The van der Waals surface area contributed by atoms with E-state index in [0.29, 0.717) is 22.9 Å². The fourth-order valence-corrected chi connectivity index (χ4v) is 3.56. The Kier molecular flexibility index (Phi) is 3.99. The van der Waals surface area contributed by atoms with Crippen LogP contribution < -0.4 is 4.74 Å². The Bertz CT molecular complexity index is 1490. The lowest BCUT2D eigenvalue weighted by Crippen LogP contribution is -1.99. The van der Waals surface area contributed by atoms with Crippen LogP contribution in [0.15, 0.2) is 102 Å². The van der Waals surface area contributed by atoms with Gasteiger partial charge < -0.3 is 9.15 Å². The molecule has 0 amide bonds. The first-order chi connectivity index (χ1) is 15.3. The maximum absolute atomic E-state index is 5.93. The number of aromatic nitrogens is 4. The molecule has 0 saturated carbocycles. The predicted octanol–water partition coefficient (Wildman–Crippen LogP) is 6.02. The predicted molar refractivity (Wildman–Crippen MR) is 118 cm³/mol. The summed E-state index contributed by atoms with van der Waals surface area (Å²) >= 11 is 0. The van der Waals surface area contributed by atoms with E-state index in [1.807, 2.05) is 95.6 Å². The minimum absolute atomic E-state index is 0.565. The number of hydrogen-bond acceptors (Lipinski definition) is 5. The fourth-order valence-electron chi connectivity index (χ4n) is 3.56. The van der Waals surface area contributed by atoms with E-state index in [0.717, 1.165) is 28.2 Å². The summed E-state index contributed by atoms with van der Waals surface area (Å²) in [7, 11) is 0. The third-order valence-corrected chi connectivity index (χ3v) is 4.99. The van der Waals surface area contributed by atoms with Gasteiger partial charge in [0, 0.05) is 5.69 Å². The lowest BCUT2D eigenvalue weighted by molar-refractivity contribution is 0.482. The number of furan rings is 1. The van der Waals surface area contributed by atoms with Crippen molar-refractivity contribution in [1.29, 1.82) is 0 Å². The molecule has 3 aromatic heterocycles. The van der Waals surface area contributed by atoms with E-state index < -0.39 is 0 Å². The zero-order valence-corrected chi connectivity index (χ0v) is 16.3. The highest BCUT2D eigenvalue weighted by Crippen LogP contribution is 2.30. The number of hydrogen-bond donors (Lipinski definition) is 0. The maximum Gasteiger partial charge on any atom is 0.199 e. The summed E-state index contributed by atoms with van der Waals surface area (Å²) in [5, 5.41) is 0. The number of ether oxygens (including phenoxy) is 1. The second-order valence-electron chi connectivity index (χ2n) is 7.02. The highest BCUT2D eigenvalue weighted by Gasteiger charge is 2.19. The molecule has 148 valence electrons. The molecule has 6 heteroatoms. The van der Waals surface area contributed by atoms with Gasteiger partial charge in [0.05, 0.1) is 17.3 Å². The van der Waals surface area contributed by atoms with Gasteiger partial charge in [-0.15, -0.1) is 0 Å². The fraction of sp³-hybridized carbons (Fsp3) is 0. The van der Waals surface area contributed by atoms with Crippen molar-refractivity contribution in [3.05, 3.63) is 97.3 Å². The average molecular weight is 404 g/mol. The molecule has 0 spiro atoms. The first-order valence-corrected chi connectivity index (χ1v) is 9.88. The summed E-state index contributed by atoms with van der Waals surface area (Å²) in [4.78, 5) is 14.3. The first kappa shape index (κ1) is 17.4. The van der Waals surface area contributed by atoms with Crippen LogP contribution in [-0.4, -0.2) is 19.5 Å². The lowest BCUT2D eigenvalue weighted by Gasteiger charge is -2.10. The molecule has 0 bridgehead atoms. The summed E-state index contributed by atoms with van der Waals surface area (Å²) in [6.07, 6.45) is 1.63. The number of benzene rings is 3. The summed E-state index contributed by atoms with van der Waals surface area (Å²) in [6, 6.07) is 29.0. The normalized spacial score (nSPS) is 11.2. The standard InChI is InChI=1S/C25H16N4O2/c1-2-7-18(8-3-1)31-19-14-12-17(13-15-19)29-24(22-11-6-16-30-22)28-23-25(29)27-21-10-5-4-9-20(21)26-23/h1-16H. The van der Waals surface area contributed by atoms with Crippen LogP contribution in [0, 0.1) is 0 Å². The lowest BCUT2D eigenvalue weighted by atomic mass is 10.2. The summed E-state index contributed by atoms with van der Waals surface area (Å²) in [5.74, 6) is 2.83. The van der Waals surface area contributed by atoms with Crippen molar-refractivity contribution >= 4 is 22.3 Å². The SMILES string of the molecule is c1ccc(Oc2ccc(-n3c(-c4ccco4)nc4nc5ccccc5nc43)cc2)cc1. The number of para-hydroxylation sites is 3. The van der Waals surface area contributed by atoms with Gasteiger partial charge in [-0.25, -0.2) is 15.0 Å². The molecule has 0 saturated heterocycles. The Morgan fingerprint density at radius 3 is 2.10 bits per heavy atom. The van der Waals surface area contributed by atoms with Gasteiger partial charge in [-0.3, -0.25) is 4.57 Å². The molecule has 0 fully saturated rings. The van der Waals surface area contributed by atoms with Gasteiger partial charge in [0.1, 0.15) is 11.5 Å². The van der Waals surface area contributed by atoms with Crippen molar-refractivity contribution < 1.29 is 9.15 Å². The third-order valence-electron chi connectivity index (χ3n) is 4.99. The summed E-state index contributed by atoms with van der Waals surface area (Å²) in [5.41, 5.74) is 3.74. The molecule has 0 unspecified atom stereocenters. The monoisotopic (exact) mass is 404 g/mol. The van der Waals surface area contributed by atoms with Crippen LogP contribution in [0.3, 0.4) is 0 Å². The van der Waals surface area contributed by atoms with Gasteiger partial charge in [-0.1, -0.05) is 30.3 Å². The number of rotatable bonds is 4. The van der Waals surface area contributed by atoms with Crippen molar-refractivity contribution in [3.63, 3.8) is 0 Å². The highest BCUT2D eigenvalue weighted by molar-refractivity contribution is 5.85. The van der Waals surface area contributed by atoms with E-state index in [1.54, 1.807) is 6.26 Å². The molecule has 6 nitrogen and oxygen atoms in total. The van der Waals surface area contributed by atoms with Crippen molar-refractivity contribution in [3.8, 4) is 28.8 Å². The van der Waals surface area contributed by atoms with E-state index in [4.69, 9.17) is 24.1 Å². The molecule has 0 aliphatic rings. The first-order valence-electron chi connectivity index (χ1n) is 9.88. The molecule has 6 rings (SSSR count). The van der Waals surface area contributed by atoms with E-state index >= 15 is 0 Å². The van der Waals surface area contributed by atoms with Crippen molar-refractivity contribution in [2.45, 2.75) is 0 Å². The Hall–Kier alpha value is -4.45. The van der Waals surface area contributed by atoms with Crippen LogP contribution in [0.2, 0.25) is 0 Å². The number of imidazole rings is 1. The van der Waals surface area contributed by atoms with Gasteiger partial charge in [-0.2, -0.15) is 0 Å². The van der Waals surface area contributed by atoms with E-state index in [-0.39, 0.29) is 0 Å². The Morgan fingerprint density at radius 1 is 0.645 bits per heavy atom. The summed E-state index contributed by atoms with van der Waals surface area (Å²) < 4.78 is 13.5. The van der Waals surface area contributed by atoms with Crippen molar-refractivity contribution in [1.82, 2.24) is 19.5 Å². The second kappa shape index (κ2) is 7.11. The smallest absolute Gasteiger partial charge is 0.199 e. The Balaban J connectivity index is 1.50. The molecular formula is C25H16N4O2. The van der Waals surface area contributed by atoms with Crippen LogP contribution >= 0.6 is 0 Å². The van der Waals surface area contributed by atoms with E-state index in [2.05, 4.69) is 0 Å². The largest absolute Gasteiger partial charge is 0.461 e. The summed E-state index contributed by atoms with van der Waals surface area (Å²) in [6.45, 7) is 0. The molecule has 0 N–H and O–H groups in total. The highest BCUT2D eigenvalue weighted by atomic mass is 16.5. The zero-order chi connectivity index (χ0) is 20.6. The molecule has 0 aliphatic heterocycles. The van der Waals surface area contributed by atoms with Crippen molar-refractivity contribution in [2.24, 2.45) is 0 Å². The Labute approximate surface area is 177 Å². The molecule has 0 atom stereocenters. The van der Waals surface area contributed by atoms with E-state index in [9.17, 15) is 0 Å². The molecule has 0 radical (unpaired) electrons. The molecule has 31 heavy (non-hydrogen) atoms. The van der Waals surface area contributed by atoms with Gasteiger partial charge >= 0.3 is 0 Å². The molecular weight excluding hydrogens is 388 g/mol. The van der Waals surface area contributed by atoms with Crippen LogP contribution in [0.5, 0.6) is 11.5 Å². The quantitative estimate of drug-likeness (QED) is 0.359. The van der Waals surface area contributed by atoms with Crippen molar-refractivity contribution in [2.75, 3.05) is 0 Å². The average Bonchev–Trinajstić information content (AvgIpc) is 3.47. The number of fused-ring (bicyclic) bond motifs is 2. The molecule has 3 heterocycles. The van der Waals surface area contributed by atoms with Gasteiger partial charge in [0.2, 0.25) is 0 Å². The van der Waals surface area contributed by atoms with Crippen LogP contribution in [-0.2, 0) is 0 Å². The molecule has 0 aliphatic carbocycles. The van der Waals surface area contributed by atoms with Gasteiger partial charge in [0.15, 0.2) is 22.9 Å². The Morgan fingerprint density at radius 2 is 1.35 bits per heavy atom. The third kappa shape index (κ3) is 3.11. The van der Waals surface area contributed by atoms with Crippen LogP contribution in [0.25, 0.3) is 39.6 Å². The van der Waals surface area contributed by atoms with E-state index in [1.165, 1.54) is 0 Å². The minimum atomic E-state index is 0.565. The minimum Gasteiger partial charge on any atom is -0.461 e.